The molecule has 7 nitrogen and oxygen atoms in total. The van der Waals surface area contributed by atoms with Crippen LogP contribution in [0, 0.1) is 0 Å². The number of hydrogen-bond donors (Lipinski definition) is 2. The van der Waals surface area contributed by atoms with Gasteiger partial charge in [0.15, 0.2) is 5.76 Å². The summed E-state index contributed by atoms with van der Waals surface area (Å²) in [5, 5.41) is 7.08. The minimum Gasteiger partial charge on any atom is -0.459 e. The molecule has 2 heterocycles. The van der Waals surface area contributed by atoms with E-state index in [-0.39, 0.29) is 11.8 Å². The van der Waals surface area contributed by atoms with E-state index in [0.717, 1.165) is 0 Å². The normalized spacial score (nSPS) is 10.1. The van der Waals surface area contributed by atoms with Gasteiger partial charge in [-0.25, -0.2) is 5.84 Å². The lowest BCUT2D eigenvalue weighted by atomic mass is 10.5. The van der Waals surface area contributed by atoms with Gasteiger partial charge >= 0.3 is 11.8 Å². The van der Waals surface area contributed by atoms with E-state index in [1.54, 1.807) is 12.1 Å². The van der Waals surface area contributed by atoms with E-state index in [4.69, 9.17) is 14.7 Å². The average Bonchev–Trinajstić information content (AvgIpc) is 2.86. The van der Waals surface area contributed by atoms with Crippen LogP contribution in [0.1, 0.15) is 10.7 Å². The van der Waals surface area contributed by atoms with Gasteiger partial charge in [-0.1, -0.05) is 0 Å². The third-order valence-corrected chi connectivity index (χ3v) is 1.48. The molecule has 2 aromatic rings. The standard InChI is InChI=1S/C7H6N4O3/c8-9-5(12)7-11-10-6(14-7)4-2-1-3-13-4/h1-3H,8H2,(H,9,12). The van der Waals surface area contributed by atoms with Crippen LogP contribution in [-0.2, 0) is 0 Å². The van der Waals surface area contributed by atoms with Crippen LogP contribution in [0.5, 0.6) is 0 Å². The number of furan rings is 1. The molecule has 2 rings (SSSR count). The molecule has 0 aromatic carbocycles. The number of hydrogen-bond acceptors (Lipinski definition) is 6. The first kappa shape index (κ1) is 8.45. The smallest absolute Gasteiger partial charge is 0.322 e. The molecule has 0 aliphatic rings. The molecule has 2 aromatic heterocycles. The zero-order valence-corrected chi connectivity index (χ0v) is 6.93. The van der Waals surface area contributed by atoms with Crippen molar-refractivity contribution in [3.63, 3.8) is 0 Å². The Morgan fingerprint density at radius 1 is 1.50 bits per heavy atom. The predicted octanol–water partition coefficient (Wildman–Crippen LogP) is -0.0669. The van der Waals surface area contributed by atoms with E-state index >= 15 is 0 Å². The maximum Gasteiger partial charge on any atom is 0.322 e. The number of nitrogens with two attached hydrogens (primary N) is 1. The summed E-state index contributed by atoms with van der Waals surface area (Å²) in [6.45, 7) is 0. The molecule has 14 heavy (non-hydrogen) atoms. The van der Waals surface area contributed by atoms with Crippen LogP contribution in [0.15, 0.2) is 27.2 Å². The van der Waals surface area contributed by atoms with Crippen molar-refractivity contribution in [2.45, 2.75) is 0 Å². The fourth-order valence-electron chi connectivity index (χ4n) is 0.877. The van der Waals surface area contributed by atoms with Crippen LogP contribution in [0.4, 0.5) is 0 Å². The van der Waals surface area contributed by atoms with Gasteiger partial charge in [0, 0.05) is 0 Å². The SMILES string of the molecule is NNC(=O)c1nnc(-c2ccco2)o1. The molecule has 0 bridgehead atoms. The average molecular weight is 194 g/mol. The van der Waals surface area contributed by atoms with Crippen molar-refractivity contribution in [3.05, 3.63) is 24.3 Å². The molecule has 3 N–H and O–H groups in total. The van der Waals surface area contributed by atoms with Gasteiger partial charge in [0.2, 0.25) is 0 Å². The Bertz CT molecular complexity index is 433. The monoisotopic (exact) mass is 194 g/mol. The van der Waals surface area contributed by atoms with Crippen molar-refractivity contribution < 1.29 is 13.6 Å². The van der Waals surface area contributed by atoms with Crippen molar-refractivity contribution in [1.82, 2.24) is 15.6 Å². The Hall–Kier alpha value is -2.15. The molecular formula is C7H6N4O3. The molecule has 0 fully saturated rings. The fourth-order valence-corrected chi connectivity index (χ4v) is 0.877. The molecule has 0 saturated carbocycles. The van der Waals surface area contributed by atoms with Gasteiger partial charge in [0.1, 0.15) is 0 Å². The predicted molar refractivity (Wildman–Crippen MR) is 43.7 cm³/mol. The topological polar surface area (TPSA) is 107 Å². The van der Waals surface area contributed by atoms with Gasteiger partial charge in [0.25, 0.3) is 5.89 Å². The molecule has 1 amide bonds. The Labute approximate surface area is 77.9 Å². The summed E-state index contributed by atoms with van der Waals surface area (Å²) in [6.07, 6.45) is 1.46. The molecule has 0 aliphatic carbocycles. The van der Waals surface area contributed by atoms with Crippen molar-refractivity contribution in [2.75, 3.05) is 0 Å². The zero-order chi connectivity index (χ0) is 9.97. The lowest BCUT2D eigenvalue weighted by Gasteiger charge is -1.89. The van der Waals surface area contributed by atoms with E-state index in [1.165, 1.54) is 6.26 Å². The van der Waals surface area contributed by atoms with Gasteiger partial charge in [-0.3, -0.25) is 10.2 Å². The molecule has 0 atom stereocenters. The highest BCUT2D eigenvalue weighted by Crippen LogP contribution is 2.17. The summed E-state index contributed by atoms with van der Waals surface area (Å²) in [6, 6.07) is 3.31. The third-order valence-electron chi connectivity index (χ3n) is 1.48. The number of nitrogens with zero attached hydrogens (tertiary/aromatic N) is 2. The van der Waals surface area contributed by atoms with Crippen molar-refractivity contribution in [1.29, 1.82) is 0 Å². The van der Waals surface area contributed by atoms with Crippen LogP contribution in [0.3, 0.4) is 0 Å². The molecule has 72 valence electrons. The van der Waals surface area contributed by atoms with Gasteiger partial charge in [-0.2, -0.15) is 0 Å². The third kappa shape index (κ3) is 1.36. The first-order valence-electron chi connectivity index (χ1n) is 3.69. The summed E-state index contributed by atoms with van der Waals surface area (Å²) < 4.78 is 9.96. The number of amides is 1. The number of rotatable bonds is 2. The molecule has 0 spiro atoms. The Kier molecular flexibility index (Phi) is 1.99. The van der Waals surface area contributed by atoms with Crippen molar-refractivity contribution in [2.24, 2.45) is 5.84 Å². The van der Waals surface area contributed by atoms with Crippen LogP contribution >= 0.6 is 0 Å². The molecule has 7 heteroatoms. The van der Waals surface area contributed by atoms with Crippen LogP contribution in [0.25, 0.3) is 11.7 Å². The Balaban J connectivity index is 2.31. The van der Waals surface area contributed by atoms with Gasteiger partial charge in [-0.15, -0.1) is 10.2 Å². The van der Waals surface area contributed by atoms with Crippen molar-refractivity contribution in [3.8, 4) is 11.7 Å². The minimum atomic E-state index is -0.643. The summed E-state index contributed by atoms with van der Waals surface area (Å²) in [5.41, 5.74) is 1.87. The van der Waals surface area contributed by atoms with E-state index in [2.05, 4.69) is 10.2 Å². The summed E-state index contributed by atoms with van der Waals surface area (Å²) in [4.78, 5) is 10.9. The molecule has 0 aliphatic heterocycles. The van der Waals surface area contributed by atoms with E-state index in [9.17, 15) is 4.79 Å². The summed E-state index contributed by atoms with van der Waals surface area (Å²) in [5.74, 6) is 4.56. The first-order chi connectivity index (χ1) is 6.81. The van der Waals surface area contributed by atoms with E-state index in [0.29, 0.717) is 5.76 Å². The number of hydrazine groups is 1. The second-order valence-corrected chi connectivity index (χ2v) is 2.36. The van der Waals surface area contributed by atoms with Gasteiger partial charge in [-0.05, 0) is 12.1 Å². The number of nitrogen functional groups attached to an aromatic ring is 1. The van der Waals surface area contributed by atoms with Crippen LogP contribution in [-0.4, -0.2) is 16.1 Å². The Morgan fingerprint density at radius 2 is 2.36 bits per heavy atom. The molecular weight excluding hydrogens is 188 g/mol. The fraction of sp³-hybridized carbons (Fsp3) is 0. The lowest BCUT2D eigenvalue weighted by Crippen LogP contribution is -2.30. The summed E-state index contributed by atoms with van der Waals surface area (Å²) in [7, 11) is 0. The maximum absolute atomic E-state index is 10.9. The number of carbonyl (C=O) groups excluding carboxylic acids is 1. The number of carbonyl (C=O) groups is 1. The minimum absolute atomic E-state index is 0.133. The molecule has 0 unspecified atom stereocenters. The highest BCUT2D eigenvalue weighted by molar-refractivity contribution is 5.89. The van der Waals surface area contributed by atoms with Crippen LogP contribution < -0.4 is 11.3 Å². The molecule has 0 saturated heterocycles. The lowest BCUT2D eigenvalue weighted by molar-refractivity contribution is 0.0919. The van der Waals surface area contributed by atoms with E-state index < -0.39 is 5.91 Å². The van der Waals surface area contributed by atoms with Gasteiger partial charge < -0.3 is 8.83 Å². The summed E-state index contributed by atoms with van der Waals surface area (Å²) >= 11 is 0. The van der Waals surface area contributed by atoms with E-state index in [1.807, 2.05) is 5.43 Å². The Morgan fingerprint density at radius 3 is 3.00 bits per heavy atom. The van der Waals surface area contributed by atoms with Gasteiger partial charge in [0.05, 0.1) is 6.26 Å². The maximum atomic E-state index is 10.9. The quantitative estimate of drug-likeness (QED) is 0.393. The number of aromatic nitrogens is 2. The largest absolute Gasteiger partial charge is 0.459 e. The first-order valence-corrected chi connectivity index (χ1v) is 3.69. The second-order valence-electron chi connectivity index (χ2n) is 2.36. The van der Waals surface area contributed by atoms with Crippen LogP contribution in [0.2, 0.25) is 0 Å². The van der Waals surface area contributed by atoms with Crippen molar-refractivity contribution >= 4 is 5.91 Å². The highest BCUT2D eigenvalue weighted by atomic mass is 16.4. The molecule has 0 radical (unpaired) electrons. The second kappa shape index (κ2) is 3.30. The highest BCUT2D eigenvalue weighted by Gasteiger charge is 2.15. The zero-order valence-electron chi connectivity index (χ0n) is 6.93. The number of nitrogens with one attached hydrogen (secondary N) is 1.